The van der Waals surface area contributed by atoms with Crippen molar-refractivity contribution in [2.24, 2.45) is 5.92 Å². The third kappa shape index (κ3) is 4.21. The number of hydrogen-bond acceptors (Lipinski definition) is 3. The Kier molecular flexibility index (Phi) is 4.32. The molecule has 1 heterocycles. The molecule has 0 spiro atoms. The van der Waals surface area contributed by atoms with Crippen molar-refractivity contribution < 1.29 is 9.53 Å². The fourth-order valence-corrected chi connectivity index (χ4v) is 1.58. The molecule has 1 aromatic rings. The summed E-state index contributed by atoms with van der Waals surface area (Å²) in [5.41, 5.74) is -0.425. The van der Waals surface area contributed by atoms with Gasteiger partial charge in [-0.2, -0.15) is 0 Å². The number of carbonyl (C=O) groups excluding carboxylic acids is 1. The van der Waals surface area contributed by atoms with E-state index in [1.165, 1.54) is 0 Å². The van der Waals surface area contributed by atoms with Crippen LogP contribution in [0.15, 0.2) is 12.4 Å². The highest BCUT2D eigenvalue weighted by Gasteiger charge is 2.22. The standard InChI is InChI=1S/C13H22N2O2/c1-6-15-8-7-14-11(15)9-10(2)12(16)17-13(3,4)5/h7-8,10H,6,9H2,1-5H3. The third-order valence-electron chi connectivity index (χ3n) is 2.44. The Labute approximate surface area is 103 Å². The maximum absolute atomic E-state index is 11.8. The molecule has 0 bridgehead atoms. The van der Waals surface area contributed by atoms with Crippen LogP contribution in [-0.2, 0) is 22.5 Å². The van der Waals surface area contributed by atoms with Crippen molar-refractivity contribution in [3.8, 4) is 0 Å². The van der Waals surface area contributed by atoms with E-state index in [2.05, 4.69) is 11.9 Å². The second kappa shape index (κ2) is 5.34. The van der Waals surface area contributed by atoms with E-state index in [0.717, 1.165) is 12.4 Å². The molecule has 0 N–H and O–H groups in total. The summed E-state index contributed by atoms with van der Waals surface area (Å²) >= 11 is 0. The Hall–Kier alpha value is -1.32. The predicted octanol–water partition coefficient (Wildman–Crippen LogP) is 2.42. The smallest absolute Gasteiger partial charge is 0.309 e. The van der Waals surface area contributed by atoms with Crippen LogP contribution in [0, 0.1) is 5.92 Å². The topological polar surface area (TPSA) is 44.1 Å². The minimum Gasteiger partial charge on any atom is -0.460 e. The van der Waals surface area contributed by atoms with Crippen LogP contribution in [0.1, 0.15) is 40.4 Å². The summed E-state index contributed by atoms with van der Waals surface area (Å²) in [5.74, 6) is 0.607. The molecule has 0 amide bonds. The lowest BCUT2D eigenvalue weighted by Crippen LogP contribution is -2.29. The quantitative estimate of drug-likeness (QED) is 0.757. The van der Waals surface area contributed by atoms with E-state index >= 15 is 0 Å². The Bertz CT molecular complexity index is 377. The Morgan fingerprint density at radius 3 is 2.71 bits per heavy atom. The summed E-state index contributed by atoms with van der Waals surface area (Å²) in [6.45, 7) is 10.4. The highest BCUT2D eigenvalue weighted by Crippen LogP contribution is 2.14. The Morgan fingerprint density at radius 2 is 2.18 bits per heavy atom. The molecule has 0 aromatic carbocycles. The van der Waals surface area contributed by atoms with Gasteiger partial charge in [-0.1, -0.05) is 6.92 Å². The monoisotopic (exact) mass is 238 g/mol. The van der Waals surface area contributed by atoms with E-state index in [9.17, 15) is 4.79 Å². The largest absolute Gasteiger partial charge is 0.460 e. The number of aromatic nitrogens is 2. The molecule has 0 saturated heterocycles. The molecule has 1 atom stereocenters. The lowest BCUT2D eigenvalue weighted by molar-refractivity contribution is -0.159. The van der Waals surface area contributed by atoms with Crippen molar-refractivity contribution >= 4 is 5.97 Å². The zero-order valence-electron chi connectivity index (χ0n) is 11.4. The van der Waals surface area contributed by atoms with Crippen LogP contribution in [0.5, 0.6) is 0 Å². The van der Waals surface area contributed by atoms with Gasteiger partial charge in [-0.25, -0.2) is 4.98 Å². The fourth-order valence-electron chi connectivity index (χ4n) is 1.58. The first-order chi connectivity index (χ1) is 7.83. The lowest BCUT2D eigenvalue weighted by Gasteiger charge is -2.22. The number of rotatable bonds is 4. The van der Waals surface area contributed by atoms with Crippen LogP contribution < -0.4 is 0 Å². The van der Waals surface area contributed by atoms with Gasteiger partial charge in [-0.05, 0) is 27.7 Å². The molecule has 0 aliphatic carbocycles. The van der Waals surface area contributed by atoms with Crippen molar-refractivity contribution in [2.45, 2.75) is 53.2 Å². The van der Waals surface area contributed by atoms with E-state index in [4.69, 9.17) is 4.74 Å². The molecular weight excluding hydrogens is 216 g/mol. The van der Waals surface area contributed by atoms with Crippen LogP contribution >= 0.6 is 0 Å². The molecule has 1 unspecified atom stereocenters. The molecule has 4 nitrogen and oxygen atoms in total. The van der Waals surface area contributed by atoms with Crippen molar-refractivity contribution in [1.29, 1.82) is 0 Å². The number of carbonyl (C=O) groups is 1. The second-order valence-electron chi connectivity index (χ2n) is 5.27. The van der Waals surface area contributed by atoms with Crippen molar-refractivity contribution in [1.82, 2.24) is 9.55 Å². The number of imidazole rings is 1. The zero-order valence-corrected chi connectivity index (χ0v) is 11.4. The number of nitrogens with zero attached hydrogens (tertiary/aromatic N) is 2. The first kappa shape index (κ1) is 13.7. The first-order valence-corrected chi connectivity index (χ1v) is 6.06. The van der Waals surface area contributed by atoms with Gasteiger partial charge in [0.25, 0.3) is 0 Å². The average molecular weight is 238 g/mol. The summed E-state index contributed by atoms with van der Waals surface area (Å²) in [7, 11) is 0. The number of ether oxygens (including phenoxy) is 1. The van der Waals surface area contributed by atoms with Crippen LogP contribution in [0.25, 0.3) is 0 Å². The van der Waals surface area contributed by atoms with E-state index in [1.54, 1.807) is 6.20 Å². The number of aryl methyl sites for hydroxylation is 1. The summed E-state index contributed by atoms with van der Waals surface area (Å²) < 4.78 is 7.39. The van der Waals surface area contributed by atoms with E-state index in [-0.39, 0.29) is 11.9 Å². The highest BCUT2D eigenvalue weighted by atomic mass is 16.6. The van der Waals surface area contributed by atoms with Gasteiger partial charge < -0.3 is 9.30 Å². The van der Waals surface area contributed by atoms with Crippen LogP contribution in [-0.4, -0.2) is 21.1 Å². The molecule has 1 aromatic heterocycles. The molecule has 0 radical (unpaired) electrons. The maximum atomic E-state index is 11.8. The molecule has 0 fully saturated rings. The molecule has 4 heteroatoms. The average Bonchev–Trinajstić information content (AvgIpc) is 2.62. The minimum atomic E-state index is -0.425. The Morgan fingerprint density at radius 1 is 1.53 bits per heavy atom. The third-order valence-corrected chi connectivity index (χ3v) is 2.44. The molecular formula is C13H22N2O2. The number of esters is 1. The molecule has 1 rings (SSSR count). The maximum Gasteiger partial charge on any atom is 0.309 e. The van der Waals surface area contributed by atoms with Gasteiger partial charge in [0, 0.05) is 25.4 Å². The Balaban J connectivity index is 2.60. The molecule has 17 heavy (non-hydrogen) atoms. The first-order valence-electron chi connectivity index (χ1n) is 6.06. The fraction of sp³-hybridized carbons (Fsp3) is 0.692. The van der Waals surface area contributed by atoms with Crippen LogP contribution in [0.4, 0.5) is 0 Å². The van der Waals surface area contributed by atoms with Crippen molar-refractivity contribution in [3.05, 3.63) is 18.2 Å². The van der Waals surface area contributed by atoms with Crippen molar-refractivity contribution in [3.63, 3.8) is 0 Å². The molecule has 96 valence electrons. The second-order valence-corrected chi connectivity index (χ2v) is 5.27. The van der Waals surface area contributed by atoms with Gasteiger partial charge in [0.05, 0.1) is 5.92 Å². The van der Waals surface area contributed by atoms with Gasteiger partial charge in [-0.3, -0.25) is 4.79 Å². The van der Waals surface area contributed by atoms with E-state index < -0.39 is 5.60 Å². The van der Waals surface area contributed by atoms with Crippen LogP contribution in [0.2, 0.25) is 0 Å². The molecule has 0 saturated carbocycles. The van der Waals surface area contributed by atoms with Gasteiger partial charge in [0.1, 0.15) is 11.4 Å². The number of hydrogen-bond donors (Lipinski definition) is 0. The van der Waals surface area contributed by atoms with Crippen LogP contribution in [0.3, 0.4) is 0 Å². The van der Waals surface area contributed by atoms with Crippen molar-refractivity contribution in [2.75, 3.05) is 0 Å². The van der Waals surface area contributed by atoms with Gasteiger partial charge in [0.15, 0.2) is 0 Å². The SMILES string of the molecule is CCn1ccnc1CC(C)C(=O)OC(C)(C)C. The summed E-state index contributed by atoms with van der Waals surface area (Å²) in [4.78, 5) is 16.1. The zero-order chi connectivity index (χ0) is 13.1. The lowest BCUT2D eigenvalue weighted by atomic mass is 10.1. The normalized spacial score (nSPS) is 13.5. The van der Waals surface area contributed by atoms with Gasteiger partial charge in [0.2, 0.25) is 0 Å². The highest BCUT2D eigenvalue weighted by molar-refractivity contribution is 5.72. The minimum absolute atomic E-state index is 0.164. The predicted molar refractivity (Wildman–Crippen MR) is 66.6 cm³/mol. The van der Waals surface area contributed by atoms with Gasteiger partial charge in [-0.15, -0.1) is 0 Å². The van der Waals surface area contributed by atoms with Gasteiger partial charge >= 0.3 is 5.97 Å². The summed E-state index contributed by atoms with van der Waals surface area (Å²) in [6.07, 6.45) is 4.31. The van der Waals surface area contributed by atoms with E-state index in [1.807, 2.05) is 38.5 Å². The molecule has 0 aliphatic heterocycles. The van der Waals surface area contributed by atoms with E-state index in [0.29, 0.717) is 6.42 Å². The summed E-state index contributed by atoms with van der Waals surface area (Å²) in [5, 5.41) is 0. The summed E-state index contributed by atoms with van der Waals surface area (Å²) in [6, 6.07) is 0. The molecule has 0 aliphatic rings.